The molecule has 0 aliphatic heterocycles. The van der Waals surface area contributed by atoms with Crippen molar-refractivity contribution in [2.75, 3.05) is 6.61 Å². The summed E-state index contributed by atoms with van der Waals surface area (Å²) in [5.74, 6) is -0.471. The lowest BCUT2D eigenvalue weighted by Crippen LogP contribution is -2.53. The van der Waals surface area contributed by atoms with Gasteiger partial charge >= 0.3 is 5.97 Å². The number of esters is 1. The first-order chi connectivity index (χ1) is 11.5. The molecule has 0 spiro atoms. The first-order valence-corrected chi connectivity index (χ1v) is 8.94. The normalized spacial score (nSPS) is 16.3. The van der Waals surface area contributed by atoms with Crippen molar-refractivity contribution in [3.8, 4) is 0 Å². The van der Waals surface area contributed by atoms with E-state index in [0.29, 0.717) is 25.0 Å². The maximum Gasteiger partial charge on any atom is 0.331 e. The Labute approximate surface area is 148 Å². The van der Waals surface area contributed by atoms with Crippen molar-refractivity contribution >= 4 is 38.8 Å². The van der Waals surface area contributed by atoms with Crippen LogP contribution >= 0.6 is 15.9 Å². The fraction of sp³-hybridized carbons (Fsp3) is 0.444. The number of amides is 1. The highest BCUT2D eigenvalue weighted by molar-refractivity contribution is 9.10. The highest BCUT2D eigenvalue weighted by Crippen LogP contribution is 2.33. The topological polar surface area (TPSA) is 68.5 Å². The molecule has 1 aromatic heterocycles. The van der Waals surface area contributed by atoms with Crippen LogP contribution in [0, 0.1) is 6.92 Å². The lowest BCUT2D eigenvalue weighted by atomic mass is 9.97. The van der Waals surface area contributed by atoms with Gasteiger partial charge in [0.15, 0.2) is 5.76 Å². The van der Waals surface area contributed by atoms with Crippen LogP contribution in [0.5, 0.6) is 0 Å². The Kier molecular flexibility index (Phi) is 4.67. The largest absolute Gasteiger partial charge is 0.464 e. The van der Waals surface area contributed by atoms with Crippen LogP contribution in [-0.4, -0.2) is 24.0 Å². The molecule has 2 aromatic rings. The Morgan fingerprint density at radius 2 is 2.04 bits per heavy atom. The molecule has 1 saturated carbocycles. The molecular weight excluding hydrogens is 374 g/mol. The summed E-state index contributed by atoms with van der Waals surface area (Å²) in [4.78, 5) is 25.1. The van der Waals surface area contributed by atoms with Crippen molar-refractivity contribution in [2.45, 2.75) is 45.1 Å². The molecule has 1 N–H and O–H groups in total. The third-order valence-corrected chi connectivity index (χ3v) is 5.07. The zero-order chi connectivity index (χ0) is 17.3. The average molecular weight is 394 g/mol. The van der Waals surface area contributed by atoms with E-state index < -0.39 is 5.54 Å². The van der Waals surface area contributed by atoms with Crippen molar-refractivity contribution in [1.82, 2.24) is 5.32 Å². The van der Waals surface area contributed by atoms with Gasteiger partial charge in [-0.05, 0) is 44.9 Å². The predicted octanol–water partition coefficient (Wildman–Crippen LogP) is 4.11. The number of fused-ring (bicyclic) bond motifs is 1. The molecule has 0 atom stereocenters. The molecule has 1 amide bonds. The summed E-state index contributed by atoms with van der Waals surface area (Å²) in [7, 11) is 0. The molecular formula is C18H20BrNO4. The number of halogens is 1. The van der Waals surface area contributed by atoms with Crippen molar-refractivity contribution < 1.29 is 18.7 Å². The van der Waals surface area contributed by atoms with E-state index in [-0.39, 0.29) is 17.6 Å². The summed E-state index contributed by atoms with van der Waals surface area (Å²) in [6.07, 6.45) is 2.99. The molecule has 1 aliphatic carbocycles. The number of carbonyl (C=O) groups is 2. The fourth-order valence-corrected chi connectivity index (χ4v) is 3.67. The minimum absolute atomic E-state index is 0.249. The Bertz CT molecular complexity index is 790. The van der Waals surface area contributed by atoms with E-state index in [2.05, 4.69) is 21.2 Å². The summed E-state index contributed by atoms with van der Waals surface area (Å²) >= 11 is 3.43. The van der Waals surface area contributed by atoms with Crippen LogP contribution in [0.1, 0.15) is 48.7 Å². The SMILES string of the molecule is CCOC(=O)C1(NC(=O)c2oc3ccc(Br)cc3c2C)CCCC1. The first-order valence-electron chi connectivity index (χ1n) is 8.15. The van der Waals surface area contributed by atoms with Crippen molar-refractivity contribution in [3.05, 3.63) is 34.0 Å². The quantitative estimate of drug-likeness (QED) is 0.793. The van der Waals surface area contributed by atoms with Crippen molar-refractivity contribution in [2.24, 2.45) is 0 Å². The van der Waals surface area contributed by atoms with Crippen LogP contribution in [0.3, 0.4) is 0 Å². The van der Waals surface area contributed by atoms with Gasteiger partial charge in [-0.3, -0.25) is 4.79 Å². The van der Waals surface area contributed by atoms with Gasteiger partial charge in [0, 0.05) is 15.4 Å². The number of hydrogen-bond acceptors (Lipinski definition) is 4. The molecule has 5 nitrogen and oxygen atoms in total. The second kappa shape index (κ2) is 6.59. The van der Waals surface area contributed by atoms with Gasteiger partial charge in [0.2, 0.25) is 0 Å². The number of rotatable bonds is 4. The molecule has 128 valence electrons. The molecule has 24 heavy (non-hydrogen) atoms. The molecule has 1 aromatic carbocycles. The van der Waals surface area contributed by atoms with E-state index in [1.807, 2.05) is 25.1 Å². The minimum Gasteiger partial charge on any atom is -0.464 e. The van der Waals surface area contributed by atoms with Gasteiger partial charge in [-0.2, -0.15) is 0 Å². The van der Waals surface area contributed by atoms with Crippen LogP contribution in [0.15, 0.2) is 27.1 Å². The Hall–Kier alpha value is -1.82. The van der Waals surface area contributed by atoms with Gasteiger partial charge in [-0.1, -0.05) is 28.8 Å². The monoisotopic (exact) mass is 393 g/mol. The zero-order valence-corrected chi connectivity index (χ0v) is 15.4. The van der Waals surface area contributed by atoms with Gasteiger partial charge in [-0.15, -0.1) is 0 Å². The van der Waals surface area contributed by atoms with Crippen LogP contribution in [0.2, 0.25) is 0 Å². The first kappa shape index (κ1) is 17.0. The number of furan rings is 1. The van der Waals surface area contributed by atoms with Crippen LogP contribution in [-0.2, 0) is 9.53 Å². The van der Waals surface area contributed by atoms with E-state index in [4.69, 9.17) is 9.15 Å². The van der Waals surface area contributed by atoms with Crippen molar-refractivity contribution in [1.29, 1.82) is 0 Å². The van der Waals surface area contributed by atoms with Gasteiger partial charge in [0.1, 0.15) is 11.1 Å². The third kappa shape index (κ3) is 2.95. The highest BCUT2D eigenvalue weighted by atomic mass is 79.9. The average Bonchev–Trinajstić information content (AvgIpc) is 3.14. The van der Waals surface area contributed by atoms with Gasteiger partial charge in [0.25, 0.3) is 5.91 Å². The van der Waals surface area contributed by atoms with E-state index in [1.54, 1.807) is 6.92 Å². The van der Waals surface area contributed by atoms with Gasteiger partial charge in [-0.25, -0.2) is 4.79 Å². The van der Waals surface area contributed by atoms with Crippen LogP contribution in [0.25, 0.3) is 11.0 Å². The molecule has 0 radical (unpaired) electrons. The summed E-state index contributed by atoms with van der Waals surface area (Å²) in [5.41, 5.74) is 0.484. The van der Waals surface area contributed by atoms with E-state index in [9.17, 15) is 9.59 Å². The highest BCUT2D eigenvalue weighted by Gasteiger charge is 2.44. The Morgan fingerprint density at radius 1 is 1.33 bits per heavy atom. The third-order valence-electron chi connectivity index (χ3n) is 4.58. The number of benzene rings is 1. The fourth-order valence-electron chi connectivity index (χ4n) is 3.31. The zero-order valence-electron chi connectivity index (χ0n) is 13.8. The minimum atomic E-state index is -0.931. The van der Waals surface area contributed by atoms with Crippen molar-refractivity contribution in [3.63, 3.8) is 0 Å². The van der Waals surface area contributed by atoms with E-state index >= 15 is 0 Å². The Balaban J connectivity index is 1.91. The molecule has 1 aliphatic rings. The second-order valence-corrected chi connectivity index (χ2v) is 7.08. The summed E-state index contributed by atoms with van der Waals surface area (Å²) in [6, 6.07) is 5.60. The Morgan fingerprint density at radius 3 is 2.71 bits per heavy atom. The lowest BCUT2D eigenvalue weighted by Gasteiger charge is -2.27. The van der Waals surface area contributed by atoms with E-state index in [1.165, 1.54) is 0 Å². The molecule has 3 rings (SSSR count). The number of carbonyl (C=O) groups excluding carboxylic acids is 2. The molecule has 0 saturated heterocycles. The number of hydrogen-bond donors (Lipinski definition) is 1. The van der Waals surface area contributed by atoms with Gasteiger partial charge in [0.05, 0.1) is 6.61 Å². The van der Waals surface area contributed by atoms with Crippen LogP contribution < -0.4 is 5.32 Å². The number of nitrogens with one attached hydrogen (secondary N) is 1. The summed E-state index contributed by atoms with van der Waals surface area (Å²) in [6.45, 7) is 3.91. The lowest BCUT2D eigenvalue weighted by molar-refractivity contribution is -0.150. The molecule has 6 heteroatoms. The molecule has 0 bridgehead atoms. The maximum absolute atomic E-state index is 12.8. The standard InChI is InChI=1S/C18H20BrNO4/c1-3-23-17(22)18(8-4-5-9-18)20-16(21)15-11(2)13-10-12(19)6-7-14(13)24-15/h6-7,10H,3-5,8-9H2,1-2H3,(H,20,21). The smallest absolute Gasteiger partial charge is 0.331 e. The number of aryl methyl sites for hydroxylation is 1. The molecule has 0 unspecified atom stereocenters. The molecule has 1 heterocycles. The van der Waals surface area contributed by atoms with E-state index in [0.717, 1.165) is 28.3 Å². The summed E-state index contributed by atoms with van der Waals surface area (Å²) in [5, 5.41) is 3.77. The summed E-state index contributed by atoms with van der Waals surface area (Å²) < 4.78 is 11.8. The van der Waals surface area contributed by atoms with Gasteiger partial charge < -0.3 is 14.5 Å². The number of ether oxygens (including phenoxy) is 1. The second-order valence-electron chi connectivity index (χ2n) is 6.16. The predicted molar refractivity (Wildman–Crippen MR) is 93.9 cm³/mol. The molecule has 1 fully saturated rings. The maximum atomic E-state index is 12.8. The van der Waals surface area contributed by atoms with Crippen LogP contribution in [0.4, 0.5) is 0 Å².